The third-order valence-electron chi connectivity index (χ3n) is 4.56. The van der Waals surface area contributed by atoms with E-state index in [0.29, 0.717) is 16.0 Å². The zero-order chi connectivity index (χ0) is 21.2. The molecule has 0 spiro atoms. The maximum absolute atomic E-state index is 12.1. The number of rotatable bonds is 5. The Hall–Kier alpha value is -2.31. The molecule has 0 aliphatic carbocycles. The zero-order valence-electron chi connectivity index (χ0n) is 17.3. The number of carbonyl (C=O) groups excluding carboxylic acids is 1. The Balaban J connectivity index is 2.06. The van der Waals surface area contributed by atoms with Crippen LogP contribution in [0.15, 0.2) is 53.7 Å². The largest absolute Gasteiger partial charge is 0.348 e. The van der Waals surface area contributed by atoms with E-state index in [1.807, 2.05) is 28.8 Å². The number of carbonyl (C=O) groups is 1. The predicted octanol–water partition coefficient (Wildman–Crippen LogP) is 5.07. The molecule has 0 aliphatic heterocycles. The molecule has 3 aromatic rings. The SMILES string of the molecule is CN(C)C(=O)CSc1nnc(-c2ccc(C(C)(C)C)cc2)n1-c1ccccc1Cl. The van der Waals surface area contributed by atoms with Crippen LogP contribution in [0.5, 0.6) is 0 Å². The van der Waals surface area contributed by atoms with Gasteiger partial charge in [-0.3, -0.25) is 9.36 Å². The van der Waals surface area contributed by atoms with Crippen LogP contribution < -0.4 is 0 Å². The van der Waals surface area contributed by atoms with Crippen LogP contribution in [-0.4, -0.2) is 45.4 Å². The van der Waals surface area contributed by atoms with E-state index in [4.69, 9.17) is 11.6 Å². The lowest BCUT2D eigenvalue weighted by molar-refractivity contribution is -0.125. The van der Waals surface area contributed by atoms with E-state index in [9.17, 15) is 4.79 Å². The Kier molecular flexibility index (Phi) is 6.34. The van der Waals surface area contributed by atoms with E-state index in [2.05, 4.69) is 55.2 Å². The first-order valence-electron chi connectivity index (χ1n) is 9.32. The Morgan fingerprint density at radius 2 is 1.72 bits per heavy atom. The number of nitrogens with zero attached hydrogens (tertiary/aromatic N) is 4. The monoisotopic (exact) mass is 428 g/mol. The van der Waals surface area contributed by atoms with Crippen LogP contribution in [-0.2, 0) is 10.2 Å². The molecule has 1 heterocycles. The number of benzene rings is 2. The fourth-order valence-corrected chi connectivity index (χ4v) is 3.92. The highest BCUT2D eigenvalue weighted by atomic mass is 35.5. The summed E-state index contributed by atoms with van der Waals surface area (Å²) in [6.07, 6.45) is 0. The number of halogens is 1. The van der Waals surface area contributed by atoms with Gasteiger partial charge in [0.25, 0.3) is 0 Å². The minimum atomic E-state index is 0.0137. The average molecular weight is 429 g/mol. The second-order valence-electron chi connectivity index (χ2n) is 8.00. The van der Waals surface area contributed by atoms with Gasteiger partial charge in [-0.1, -0.05) is 80.5 Å². The molecule has 0 unspecified atom stereocenters. The zero-order valence-corrected chi connectivity index (χ0v) is 18.9. The summed E-state index contributed by atoms with van der Waals surface area (Å²) in [6.45, 7) is 6.56. The lowest BCUT2D eigenvalue weighted by Crippen LogP contribution is -2.23. The van der Waals surface area contributed by atoms with Crippen molar-refractivity contribution < 1.29 is 4.79 Å². The molecule has 0 N–H and O–H groups in total. The number of aromatic nitrogens is 3. The fourth-order valence-electron chi connectivity index (χ4n) is 2.78. The maximum Gasteiger partial charge on any atom is 0.232 e. The van der Waals surface area contributed by atoms with Crippen molar-refractivity contribution in [1.82, 2.24) is 19.7 Å². The third-order valence-corrected chi connectivity index (χ3v) is 5.79. The average Bonchev–Trinajstić information content (AvgIpc) is 3.09. The van der Waals surface area contributed by atoms with Crippen LogP contribution in [0.25, 0.3) is 17.1 Å². The van der Waals surface area contributed by atoms with Gasteiger partial charge in [-0.2, -0.15) is 0 Å². The normalized spacial score (nSPS) is 11.5. The van der Waals surface area contributed by atoms with Crippen LogP contribution >= 0.6 is 23.4 Å². The van der Waals surface area contributed by atoms with E-state index < -0.39 is 0 Å². The minimum Gasteiger partial charge on any atom is -0.348 e. The summed E-state index contributed by atoms with van der Waals surface area (Å²) in [6, 6.07) is 15.9. The van der Waals surface area contributed by atoms with Gasteiger partial charge in [-0.25, -0.2) is 0 Å². The molecule has 0 bridgehead atoms. The molecule has 1 aromatic heterocycles. The smallest absolute Gasteiger partial charge is 0.232 e. The number of para-hydroxylation sites is 1. The summed E-state index contributed by atoms with van der Waals surface area (Å²) < 4.78 is 1.92. The minimum absolute atomic E-state index is 0.0137. The van der Waals surface area contributed by atoms with E-state index in [-0.39, 0.29) is 17.1 Å². The van der Waals surface area contributed by atoms with Crippen LogP contribution in [0.2, 0.25) is 5.02 Å². The van der Waals surface area contributed by atoms with E-state index in [0.717, 1.165) is 11.3 Å². The van der Waals surface area contributed by atoms with E-state index in [1.54, 1.807) is 19.0 Å². The van der Waals surface area contributed by atoms with Crippen LogP contribution in [0.1, 0.15) is 26.3 Å². The van der Waals surface area contributed by atoms with Crippen molar-refractivity contribution in [2.75, 3.05) is 19.8 Å². The second kappa shape index (κ2) is 8.59. The van der Waals surface area contributed by atoms with Crippen molar-refractivity contribution in [1.29, 1.82) is 0 Å². The van der Waals surface area contributed by atoms with Gasteiger partial charge in [0.2, 0.25) is 5.91 Å². The van der Waals surface area contributed by atoms with Gasteiger partial charge in [0.1, 0.15) is 0 Å². The highest BCUT2D eigenvalue weighted by Crippen LogP contribution is 2.32. The van der Waals surface area contributed by atoms with Crippen LogP contribution in [0.4, 0.5) is 0 Å². The van der Waals surface area contributed by atoms with E-state index >= 15 is 0 Å². The highest BCUT2D eigenvalue weighted by molar-refractivity contribution is 7.99. The number of hydrogen-bond donors (Lipinski definition) is 0. The molecule has 0 aliphatic rings. The van der Waals surface area contributed by atoms with Crippen LogP contribution in [0, 0.1) is 0 Å². The summed E-state index contributed by atoms with van der Waals surface area (Å²) in [4.78, 5) is 13.6. The molecule has 1 amide bonds. The molecule has 0 atom stereocenters. The standard InChI is InChI=1S/C22H25ClN4OS/c1-22(2,3)16-12-10-15(11-13-16)20-24-25-21(29-14-19(28)26(4)5)27(20)18-9-7-6-8-17(18)23/h6-13H,14H2,1-5H3. The lowest BCUT2D eigenvalue weighted by Gasteiger charge is -2.19. The molecule has 3 rings (SSSR count). The highest BCUT2D eigenvalue weighted by Gasteiger charge is 2.20. The first kappa shape index (κ1) is 21.4. The molecule has 2 aromatic carbocycles. The Morgan fingerprint density at radius 3 is 2.31 bits per heavy atom. The fraction of sp³-hybridized carbons (Fsp3) is 0.318. The topological polar surface area (TPSA) is 51.0 Å². The molecule has 29 heavy (non-hydrogen) atoms. The number of hydrogen-bond acceptors (Lipinski definition) is 4. The van der Waals surface area contributed by atoms with Gasteiger partial charge in [0, 0.05) is 19.7 Å². The molecule has 0 saturated heterocycles. The maximum atomic E-state index is 12.1. The predicted molar refractivity (Wildman–Crippen MR) is 120 cm³/mol. The molecule has 0 radical (unpaired) electrons. The Labute approximate surface area is 181 Å². The van der Waals surface area contributed by atoms with Gasteiger partial charge in [-0.15, -0.1) is 10.2 Å². The first-order chi connectivity index (χ1) is 13.7. The first-order valence-corrected chi connectivity index (χ1v) is 10.7. The summed E-state index contributed by atoms with van der Waals surface area (Å²) in [7, 11) is 3.48. The van der Waals surface area contributed by atoms with Crippen LogP contribution in [0.3, 0.4) is 0 Å². The molecular formula is C22H25ClN4OS. The molecule has 5 nitrogen and oxygen atoms in total. The summed E-state index contributed by atoms with van der Waals surface area (Å²) in [5.41, 5.74) is 3.05. The van der Waals surface area contributed by atoms with Crippen molar-refractivity contribution >= 4 is 29.3 Å². The molecule has 152 valence electrons. The van der Waals surface area contributed by atoms with Crippen molar-refractivity contribution in [2.24, 2.45) is 0 Å². The third kappa shape index (κ3) is 4.82. The molecule has 0 fully saturated rings. The Bertz CT molecular complexity index is 1010. The molecular weight excluding hydrogens is 404 g/mol. The van der Waals surface area contributed by atoms with Gasteiger partial charge < -0.3 is 4.90 Å². The van der Waals surface area contributed by atoms with E-state index in [1.165, 1.54) is 17.3 Å². The lowest BCUT2D eigenvalue weighted by atomic mass is 9.87. The molecule has 7 heteroatoms. The Morgan fingerprint density at radius 1 is 1.07 bits per heavy atom. The summed E-state index contributed by atoms with van der Waals surface area (Å²) in [5.74, 6) is 0.983. The van der Waals surface area contributed by atoms with Crippen molar-refractivity contribution in [3.8, 4) is 17.1 Å². The molecule has 0 saturated carbocycles. The quantitative estimate of drug-likeness (QED) is 0.532. The van der Waals surface area contributed by atoms with Gasteiger partial charge in [0.05, 0.1) is 16.5 Å². The van der Waals surface area contributed by atoms with Crippen molar-refractivity contribution in [2.45, 2.75) is 31.3 Å². The van der Waals surface area contributed by atoms with Gasteiger partial charge in [-0.05, 0) is 23.1 Å². The van der Waals surface area contributed by atoms with Crippen molar-refractivity contribution in [3.05, 3.63) is 59.1 Å². The second-order valence-corrected chi connectivity index (χ2v) is 9.35. The van der Waals surface area contributed by atoms with Gasteiger partial charge in [0.15, 0.2) is 11.0 Å². The summed E-state index contributed by atoms with van der Waals surface area (Å²) in [5, 5.41) is 10.0. The van der Waals surface area contributed by atoms with Crippen molar-refractivity contribution in [3.63, 3.8) is 0 Å². The summed E-state index contributed by atoms with van der Waals surface area (Å²) >= 11 is 7.83. The number of thioether (sulfide) groups is 1. The van der Waals surface area contributed by atoms with Gasteiger partial charge >= 0.3 is 0 Å². The number of amides is 1.